The first-order valence-electron chi connectivity index (χ1n) is 8.16. The van der Waals surface area contributed by atoms with Crippen LogP contribution < -0.4 is 11.5 Å². The van der Waals surface area contributed by atoms with Crippen LogP contribution in [0.15, 0.2) is 12.2 Å². The molecule has 4 unspecified atom stereocenters. The number of nitrogens with two attached hydrogens (primary N) is 2. The van der Waals surface area contributed by atoms with Crippen LogP contribution in [0.3, 0.4) is 0 Å². The molecule has 4 N–H and O–H groups in total. The number of fused-ring (bicyclic) bond motifs is 1. The van der Waals surface area contributed by atoms with Crippen LogP contribution >= 0.6 is 0 Å². The lowest BCUT2D eigenvalue weighted by Crippen LogP contribution is -2.47. The maximum absolute atomic E-state index is 6.46. The minimum atomic E-state index is 0.151. The molecule has 2 saturated carbocycles. The molecule has 0 aromatic heterocycles. The van der Waals surface area contributed by atoms with Crippen molar-refractivity contribution in [3.8, 4) is 0 Å². The van der Waals surface area contributed by atoms with Gasteiger partial charge in [0.05, 0.1) is 0 Å². The molecule has 0 radical (unpaired) electrons. The second-order valence-electron chi connectivity index (χ2n) is 6.59. The fourth-order valence-corrected chi connectivity index (χ4v) is 3.86. The molecule has 112 valence electrons. The Labute approximate surface area is 120 Å². The Bertz CT molecular complexity index is 287. The van der Waals surface area contributed by atoms with Crippen molar-refractivity contribution in [1.29, 1.82) is 0 Å². The SMILES string of the molecule is C=C1CC2CCC(N)(CC)CC2CC1CC.CCN. The average molecular weight is 266 g/mol. The average Bonchev–Trinajstić information content (AvgIpc) is 2.39. The van der Waals surface area contributed by atoms with Gasteiger partial charge in [0.1, 0.15) is 0 Å². The molecule has 0 aromatic rings. The highest BCUT2D eigenvalue weighted by molar-refractivity contribution is 5.09. The molecule has 2 heteroatoms. The van der Waals surface area contributed by atoms with E-state index >= 15 is 0 Å². The van der Waals surface area contributed by atoms with Gasteiger partial charge in [-0.2, -0.15) is 0 Å². The minimum Gasteiger partial charge on any atom is -0.331 e. The maximum Gasteiger partial charge on any atom is 0.0154 e. The maximum atomic E-state index is 6.46. The third-order valence-corrected chi connectivity index (χ3v) is 5.23. The number of allylic oxidation sites excluding steroid dienone is 1. The molecular formula is C17H34N2. The quantitative estimate of drug-likeness (QED) is 0.746. The monoisotopic (exact) mass is 266 g/mol. The van der Waals surface area contributed by atoms with Crippen LogP contribution in [0, 0.1) is 17.8 Å². The summed E-state index contributed by atoms with van der Waals surface area (Å²) in [6.45, 7) is 11.5. The van der Waals surface area contributed by atoms with Crippen molar-refractivity contribution in [2.24, 2.45) is 29.2 Å². The molecule has 19 heavy (non-hydrogen) atoms. The highest BCUT2D eigenvalue weighted by Crippen LogP contribution is 2.48. The lowest BCUT2D eigenvalue weighted by Gasteiger charge is -2.47. The third kappa shape index (κ3) is 4.32. The Kier molecular flexibility index (Phi) is 6.55. The molecule has 0 bridgehead atoms. The van der Waals surface area contributed by atoms with Crippen molar-refractivity contribution in [3.63, 3.8) is 0 Å². The fourth-order valence-electron chi connectivity index (χ4n) is 3.86. The predicted molar refractivity (Wildman–Crippen MR) is 84.9 cm³/mol. The van der Waals surface area contributed by atoms with Gasteiger partial charge in [-0.3, -0.25) is 0 Å². The van der Waals surface area contributed by atoms with Gasteiger partial charge >= 0.3 is 0 Å². The number of rotatable bonds is 2. The van der Waals surface area contributed by atoms with E-state index < -0.39 is 0 Å². The molecular weight excluding hydrogens is 232 g/mol. The van der Waals surface area contributed by atoms with E-state index in [0.717, 1.165) is 30.7 Å². The molecule has 2 nitrogen and oxygen atoms in total. The molecule has 0 aromatic carbocycles. The molecule has 2 aliphatic rings. The first-order chi connectivity index (χ1) is 8.99. The summed E-state index contributed by atoms with van der Waals surface area (Å²) in [5, 5.41) is 0. The van der Waals surface area contributed by atoms with Gasteiger partial charge < -0.3 is 11.5 Å². The zero-order chi connectivity index (χ0) is 14.5. The van der Waals surface area contributed by atoms with Crippen molar-refractivity contribution >= 4 is 0 Å². The van der Waals surface area contributed by atoms with Crippen molar-refractivity contribution in [2.45, 2.75) is 71.3 Å². The summed E-state index contributed by atoms with van der Waals surface area (Å²) < 4.78 is 0. The van der Waals surface area contributed by atoms with E-state index in [1.54, 1.807) is 0 Å². The van der Waals surface area contributed by atoms with Crippen molar-refractivity contribution in [2.75, 3.05) is 6.54 Å². The smallest absolute Gasteiger partial charge is 0.0154 e. The second-order valence-corrected chi connectivity index (χ2v) is 6.59. The molecule has 0 aliphatic heterocycles. The summed E-state index contributed by atoms with van der Waals surface area (Å²) in [5.74, 6) is 2.56. The topological polar surface area (TPSA) is 52.0 Å². The van der Waals surface area contributed by atoms with Crippen LogP contribution in [0.2, 0.25) is 0 Å². The molecule has 2 fully saturated rings. The van der Waals surface area contributed by atoms with Crippen LogP contribution in [0.5, 0.6) is 0 Å². The molecule has 0 heterocycles. The Hall–Kier alpha value is -0.340. The largest absolute Gasteiger partial charge is 0.331 e. The molecule has 4 atom stereocenters. The molecule has 0 spiro atoms. The zero-order valence-corrected chi connectivity index (χ0v) is 13.3. The summed E-state index contributed by atoms with van der Waals surface area (Å²) in [4.78, 5) is 0. The predicted octanol–water partition coefficient (Wildman–Crippen LogP) is 3.85. The molecule has 0 amide bonds. The van der Waals surface area contributed by atoms with E-state index in [2.05, 4.69) is 20.4 Å². The van der Waals surface area contributed by atoms with E-state index in [0.29, 0.717) is 0 Å². The van der Waals surface area contributed by atoms with Gasteiger partial charge in [-0.05, 0) is 69.2 Å². The van der Waals surface area contributed by atoms with Gasteiger partial charge in [-0.25, -0.2) is 0 Å². The van der Waals surface area contributed by atoms with Gasteiger partial charge in [0.2, 0.25) is 0 Å². The summed E-state index contributed by atoms with van der Waals surface area (Å²) in [5.41, 5.74) is 13.0. The van der Waals surface area contributed by atoms with E-state index in [9.17, 15) is 0 Å². The Morgan fingerprint density at radius 1 is 1.26 bits per heavy atom. The van der Waals surface area contributed by atoms with Gasteiger partial charge in [-0.15, -0.1) is 0 Å². The van der Waals surface area contributed by atoms with Crippen LogP contribution in [0.1, 0.15) is 65.7 Å². The van der Waals surface area contributed by atoms with E-state index in [-0.39, 0.29) is 5.54 Å². The van der Waals surface area contributed by atoms with Gasteiger partial charge in [0, 0.05) is 5.54 Å². The molecule has 2 rings (SSSR count). The number of hydrogen-bond donors (Lipinski definition) is 2. The highest BCUT2D eigenvalue weighted by atomic mass is 14.7. The van der Waals surface area contributed by atoms with Crippen molar-refractivity contribution in [3.05, 3.63) is 12.2 Å². The molecule has 0 saturated heterocycles. The van der Waals surface area contributed by atoms with E-state index in [1.807, 2.05) is 6.92 Å². The first kappa shape index (κ1) is 16.7. The lowest BCUT2D eigenvalue weighted by molar-refractivity contribution is 0.106. The standard InChI is InChI=1S/C15H27N.C2H7N/c1-4-12-9-14-10-15(16,5-2)7-6-13(14)8-11(12)3;1-2-3/h12-14H,3-10,16H2,1-2H3;2-3H2,1H3. The van der Waals surface area contributed by atoms with Crippen LogP contribution in [-0.2, 0) is 0 Å². The van der Waals surface area contributed by atoms with Crippen molar-refractivity contribution < 1.29 is 0 Å². The summed E-state index contributed by atoms with van der Waals surface area (Å²) in [6, 6.07) is 0. The van der Waals surface area contributed by atoms with E-state index in [4.69, 9.17) is 11.5 Å². The highest BCUT2D eigenvalue weighted by Gasteiger charge is 2.40. The van der Waals surface area contributed by atoms with Gasteiger partial charge in [-0.1, -0.05) is 32.9 Å². The van der Waals surface area contributed by atoms with Crippen molar-refractivity contribution in [1.82, 2.24) is 0 Å². The summed E-state index contributed by atoms with van der Waals surface area (Å²) >= 11 is 0. The van der Waals surface area contributed by atoms with Crippen LogP contribution in [0.25, 0.3) is 0 Å². The van der Waals surface area contributed by atoms with E-state index in [1.165, 1.54) is 44.1 Å². The zero-order valence-electron chi connectivity index (χ0n) is 13.3. The lowest BCUT2D eigenvalue weighted by atomic mass is 9.61. The number of hydrogen-bond acceptors (Lipinski definition) is 2. The van der Waals surface area contributed by atoms with Gasteiger partial charge in [0.15, 0.2) is 0 Å². The Morgan fingerprint density at radius 3 is 2.42 bits per heavy atom. The fraction of sp³-hybridized carbons (Fsp3) is 0.882. The third-order valence-electron chi connectivity index (χ3n) is 5.23. The summed E-state index contributed by atoms with van der Waals surface area (Å²) in [7, 11) is 0. The van der Waals surface area contributed by atoms with Gasteiger partial charge in [0.25, 0.3) is 0 Å². The molecule has 2 aliphatic carbocycles. The van der Waals surface area contributed by atoms with Crippen LogP contribution in [-0.4, -0.2) is 12.1 Å². The first-order valence-corrected chi connectivity index (χ1v) is 8.16. The second kappa shape index (κ2) is 7.44. The minimum absolute atomic E-state index is 0.151. The Morgan fingerprint density at radius 2 is 1.89 bits per heavy atom. The normalized spacial score (nSPS) is 38.2. The Balaban J connectivity index is 0.000000550. The van der Waals surface area contributed by atoms with Crippen LogP contribution in [0.4, 0.5) is 0 Å². The summed E-state index contributed by atoms with van der Waals surface area (Å²) in [6.07, 6.45) is 8.89.